The highest BCUT2D eigenvalue weighted by atomic mass is 16.3. The fourth-order valence-corrected chi connectivity index (χ4v) is 2.27. The normalized spacial score (nSPS) is 10.9. The van der Waals surface area contributed by atoms with Crippen molar-refractivity contribution < 1.29 is 5.11 Å². The van der Waals surface area contributed by atoms with Crippen molar-refractivity contribution in [1.82, 2.24) is 4.57 Å². The van der Waals surface area contributed by atoms with Crippen LogP contribution in [0.5, 0.6) is 5.75 Å². The zero-order valence-electron chi connectivity index (χ0n) is 9.59. The van der Waals surface area contributed by atoms with Crippen LogP contribution < -0.4 is 0 Å². The van der Waals surface area contributed by atoms with Crippen LogP contribution >= 0.6 is 0 Å². The van der Waals surface area contributed by atoms with E-state index in [-0.39, 0.29) is 0 Å². The number of benzene rings is 2. The number of para-hydroxylation sites is 1. The lowest BCUT2D eigenvalue weighted by molar-refractivity contribution is 0.475. The van der Waals surface area contributed by atoms with Gasteiger partial charge in [-0.3, -0.25) is 0 Å². The SMILES string of the molecule is Cc1cc2ccccc2n1-c1cccc(O)c1. The van der Waals surface area contributed by atoms with Gasteiger partial charge in [-0.15, -0.1) is 0 Å². The number of nitrogens with zero attached hydrogens (tertiary/aromatic N) is 1. The van der Waals surface area contributed by atoms with Gasteiger partial charge in [0.05, 0.1) is 5.52 Å². The van der Waals surface area contributed by atoms with Crippen LogP contribution in [0.1, 0.15) is 5.69 Å². The van der Waals surface area contributed by atoms with Crippen molar-refractivity contribution in [2.24, 2.45) is 0 Å². The van der Waals surface area contributed by atoms with Gasteiger partial charge in [0, 0.05) is 22.8 Å². The Morgan fingerprint density at radius 3 is 2.59 bits per heavy atom. The highest BCUT2D eigenvalue weighted by Crippen LogP contribution is 2.25. The van der Waals surface area contributed by atoms with Gasteiger partial charge in [0.1, 0.15) is 5.75 Å². The maximum atomic E-state index is 9.56. The third-order valence-corrected chi connectivity index (χ3v) is 2.98. The standard InChI is InChI=1S/C15H13NO/c1-11-9-12-5-2-3-8-15(12)16(11)13-6-4-7-14(17)10-13/h2-10,17H,1H3. The van der Waals surface area contributed by atoms with E-state index in [1.165, 1.54) is 5.39 Å². The second-order valence-corrected chi connectivity index (χ2v) is 4.20. The molecule has 0 fully saturated rings. The first kappa shape index (κ1) is 9.97. The average Bonchev–Trinajstić information content (AvgIpc) is 2.64. The van der Waals surface area contributed by atoms with Crippen LogP contribution in [0.4, 0.5) is 0 Å². The first-order chi connectivity index (χ1) is 8.25. The second-order valence-electron chi connectivity index (χ2n) is 4.20. The van der Waals surface area contributed by atoms with Crippen LogP contribution in [0.2, 0.25) is 0 Å². The molecule has 0 radical (unpaired) electrons. The quantitative estimate of drug-likeness (QED) is 0.669. The van der Waals surface area contributed by atoms with Gasteiger partial charge >= 0.3 is 0 Å². The molecule has 0 spiro atoms. The minimum Gasteiger partial charge on any atom is -0.508 e. The molecule has 0 saturated carbocycles. The zero-order valence-corrected chi connectivity index (χ0v) is 9.59. The number of hydrogen-bond acceptors (Lipinski definition) is 1. The molecule has 2 aromatic carbocycles. The molecule has 0 unspecified atom stereocenters. The largest absolute Gasteiger partial charge is 0.508 e. The van der Waals surface area contributed by atoms with Gasteiger partial charge in [-0.1, -0.05) is 24.3 Å². The summed E-state index contributed by atoms with van der Waals surface area (Å²) in [6.45, 7) is 2.07. The summed E-state index contributed by atoms with van der Waals surface area (Å²) in [6.07, 6.45) is 0. The van der Waals surface area contributed by atoms with Crippen LogP contribution in [-0.2, 0) is 0 Å². The lowest BCUT2D eigenvalue weighted by Gasteiger charge is -2.08. The number of hydrogen-bond donors (Lipinski definition) is 1. The molecule has 0 aliphatic rings. The maximum absolute atomic E-state index is 9.56. The molecule has 0 aliphatic carbocycles. The van der Waals surface area contributed by atoms with Crippen molar-refractivity contribution in [2.45, 2.75) is 6.92 Å². The van der Waals surface area contributed by atoms with Crippen molar-refractivity contribution in [3.8, 4) is 11.4 Å². The molecule has 2 heteroatoms. The topological polar surface area (TPSA) is 25.2 Å². The first-order valence-electron chi connectivity index (χ1n) is 5.62. The highest BCUT2D eigenvalue weighted by molar-refractivity contribution is 5.83. The second kappa shape index (κ2) is 3.67. The zero-order chi connectivity index (χ0) is 11.8. The summed E-state index contributed by atoms with van der Waals surface area (Å²) in [5, 5.41) is 10.8. The van der Waals surface area contributed by atoms with E-state index < -0.39 is 0 Å². The Hall–Kier alpha value is -2.22. The number of aromatic hydroxyl groups is 1. The Bertz CT molecular complexity index is 682. The Balaban J connectivity index is 2.33. The molecule has 2 nitrogen and oxygen atoms in total. The van der Waals surface area contributed by atoms with E-state index in [9.17, 15) is 5.11 Å². The van der Waals surface area contributed by atoms with Gasteiger partial charge in [0.25, 0.3) is 0 Å². The van der Waals surface area contributed by atoms with E-state index in [0.717, 1.165) is 16.9 Å². The van der Waals surface area contributed by atoms with Crippen molar-refractivity contribution >= 4 is 10.9 Å². The molecule has 3 aromatic rings. The summed E-state index contributed by atoms with van der Waals surface area (Å²) in [6, 6.07) is 17.7. The summed E-state index contributed by atoms with van der Waals surface area (Å²) in [4.78, 5) is 0. The van der Waals surface area contributed by atoms with E-state index in [0.29, 0.717) is 5.75 Å². The van der Waals surface area contributed by atoms with Gasteiger partial charge < -0.3 is 9.67 Å². The van der Waals surface area contributed by atoms with Crippen molar-refractivity contribution in [1.29, 1.82) is 0 Å². The number of rotatable bonds is 1. The van der Waals surface area contributed by atoms with Gasteiger partial charge in [-0.05, 0) is 31.2 Å². The summed E-state index contributed by atoms with van der Waals surface area (Å²) >= 11 is 0. The predicted octanol–water partition coefficient (Wildman–Crippen LogP) is 3.64. The first-order valence-corrected chi connectivity index (χ1v) is 5.62. The van der Waals surface area contributed by atoms with Crippen molar-refractivity contribution in [3.63, 3.8) is 0 Å². The molecule has 0 aliphatic heterocycles. The van der Waals surface area contributed by atoms with E-state index in [1.807, 2.05) is 24.3 Å². The number of fused-ring (bicyclic) bond motifs is 1. The Morgan fingerprint density at radius 2 is 1.76 bits per heavy atom. The summed E-state index contributed by atoms with van der Waals surface area (Å²) < 4.78 is 2.15. The molecule has 17 heavy (non-hydrogen) atoms. The lowest BCUT2D eigenvalue weighted by Crippen LogP contribution is -1.95. The molecule has 0 atom stereocenters. The third-order valence-electron chi connectivity index (χ3n) is 2.98. The Labute approximate surface area is 99.7 Å². The summed E-state index contributed by atoms with van der Waals surface area (Å²) in [5.74, 6) is 0.291. The van der Waals surface area contributed by atoms with Crippen LogP contribution in [-0.4, -0.2) is 9.67 Å². The lowest BCUT2D eigenvalue weighted by atomic mass is 10.2. The van der Waals surface area contributed by atoms with Crippen LogP contribution in [0, 0.1) is 6.92 Å². The Kier molecular flexibility index (Phi) is 2.15. The number of phenols is 1. The number of aromatic nitrogens is 1. The summed E-state index contributed by atoms with van der Waals surface area (Å²) in [7, 11) is 0. The van der Waals surface area contributed by atoms with E-state index >= 15 is 0 Å². The molecule has 1 aromatic heterocycles. The van der Waals surface area contributed by atoms with E-state index in [2.05, 4.69) is 29.7 Å². The monoisotopic (exact) mass is 223 g/mol. The van der Waals surface area contributed by atoms with Crippen molar-refractivity contribution in [2.75, 3.05) is 0 Å². The molecule has 0 saturated heterocycles. The minimum atomic E-state index is 0.291. The van der Waals surface area contributed by atoms with Gasteiger partial charge in [-0.2, -0.15) is 0 Å². The third kappa shape index (κ3) is 1.58. The Morgan fingerprint density at radius 1 is 0.941 bits per heavy atom. The number of phenolic OH excluding ortho intramolecular Hbond substituents is 1. The predicted molar refractivity (Wildman–Crippen MR) is 69.7 cm³/mol. The van der Waals surface area contributed by atoms with Crippen LogP contribution in [0.15, 0.2) is 54.6 Å². The summed E-state index contributed by atoms with van der Waals surface area (Å²) in [5.41, 5.74) is 3.32. The maximum Gasteiger partial charge on any atom is 0.117 e. The van der Waals surface area contributed by atoms with Crippen LogP contribution in [0.25, 0.3) is 16.6 Å². The van der Waals surface area contributed by atoms with Crippen LogP contribution in [0.3, 0.4) is 0 Å². The number of aryl methyl sites for hydroxylation is 1. The highest BCUT2D eigenvalue weighted by Gasteiger charge is 2.06. The molecule has 84 valence electrons. The van der Waals surface area contributed by atoms with E-state index in [1.54, 1.807) is 12.1 Å². The molecule has 1 N–H and O–H groups in total. The fourth-order valence-electron chi connectivity index (χ4n) is 2.27. The average molecular weight is 223 g/mol. The fraction of sp³-hybridized carbons (Fsp3) is 0.0667. The van der Waals surface area contributed by atoms with Gasteiger partial charge in [-0.25, -0.2) is 0 Å². The van der Waals surface area contributed by atoms with E-state index in [4.69, 9.17) is 0 Å². The minimum absolute atomic E-state index is 0.291. The molecular weight excluding hydrogens is 210 g/mol. The molecule has 0 amide bonds. The molecule has 1 heterocycles. The smallest absolute Gasteiger partial charge is 0.117 e. The molecule has 0 bridgehead atoms. The van der Waals surface area contributed by atoms with Crippen molar-refractivity contribution in [3.05, 3.63) is 60.3 Å². The molecular formula is C15H13NO. The molecule has 3 rings (SSSR count). The van der Waals surface area contributed by atoms with Gasteiger partial charge in [0.15, 0.2) is 0 Å². The van der Waals surface area contributed by atoms with Gasteiger partial charge in [0.2, 0.25) is 0 Å².